The Morgan fingerprint density at radius 3 is 2.19 bits per heavy atom. The van der Waals surface area contributed by atoms with Crippen molar-refractivity contribution in [3.05, 3.63) is 42.5 Å². The zero-order chi connectivity index (χ0) is 23.8. The number of rotatable bonds is 4. The number of amides is 2. The van der Waals surface area contributed by atoms with Gasteiger partial charge in [0.25, 0.3) is 0 Å². The first-order chi connectivity index (χ1) is 14.9. The van der Waals surface area contributed by atoms with Crippen molar-refractivity contribution in [2.45, 2.75) is 39.8 Å². The Labute approximate surface area is 189 Å². The Bertz CT molecular complexity index is 1130. The maximum Gasteiger partial charge on any atom is 0.414 e. The highest BCUT2D eigenvalue weighted by atomic mass is 32.2. The van der Waals surface area contributed by atoms with Gasteiger partial charge in [-0.05, 0) is 56.2 Å². The summed E-state index contributed by atoms with van der Waals surface area (Å²) in [4.78, 5) is 28.3. The van der Waals surface area contributed by atoms with E-state index in [0.29, 0.717) is 23.6 Å². The zero-order valence-electron chi connectivity index (χ0n) is 19.2. The van der Waals surface area contributed by atoms with Crippen LogP contribution in [0.2, 0.25) is 0 Å². The number of benzene rings is 2. The third-order valence-electron chi connectivity index (χ3n) is 5.37. The summed E-state index contributed by atoms with van der Waals surface area (Å²) in [5, 5.41) is 0. The molecule has 32 heavy (non-hydrogen) atoms. The van der Waals surface area contributed by atoms with E-state index in [-0.39, 0.29) is 18.1 Å². The molecule has 1 unspecified atom stereocenters. The summed E-state index contributed by atoms with van der Waals surface area (Å²) in [6.07, 6.45) is 0.421. The Balaban J connectivity index is 2.04. The lowest BCUT2D eigenvalue weighted by Gasteiger charge is -2.40. The van der Waals surface area contributed by atoms with E-state index in [1.807, 2.05) is 37.3 Å². The molecule has 0 saturated carbocycles. The molecular formula is C23H29N3O5S. The molecule has 0 saturated heterocycles. The van der Waals surface area contributed by atoms with Crippen molar-refractivity contribution in [2.75, 3.05) is 34.0 Å². The van der Waals surface area contributed by atoms with Crippen LogP contribution in [0.5, 0.6) is 0 Å². The van der Waals surface area contributed by atoms with E-state index in [4.69, 9.17) is 4.74 Å². The highest BCUT2D eigenvalue weighted by molar-refractivity contribution is 7.92. The monoisotopic (exact) mass is 459 g/mol. The van der Waals surface area contributed by atoms with Gasteiger partial charge in [-0.15, -0.1) is 0 Å². The number of ether oxygens (including phenoxy) is 1. The van der Waals surface area contributed by atoms with Crippen molar-refractivity contribution in [3.8, 4) is 11.1 Å². The number of anilines is 3. The molecule has 2 aromatic rings. The first-order valence-electron chi connectivity index (χ1n) is 10.4. The molecule has 1 aliphatic heterocycles. The molecular weight excluding hydrogens is 430 g/mol. The molecule has 1 aliphatic rings. The van der Waals surface area contributed by atoms with E-state index in [1.54, 1.807) is 35.8 Å². The highest BCUT2D eigenvalue weighted by Crippen LogP contribution is 2.39. The molecule has 1 atom stereocenters. The van der Waals surface area contributed by atoms with Gasteiger partial charge in [0.05, 0.1) is 35.5 Å². The second-order valence-electron chi connectivity index (χ2n) is 8.26. The van der Waals surface area contributed by atoms with Crippen LogP contribution in [-0.2, 0) is 19.6 Å². The van der Waals surface area contributed by atoms with Gasteiger partial charge in [-0.1, -0.05) is 18.2 Å². The Kier molecular flexibility index (Phi) is 6.50. The largest absolute Gasteiger partial charge is 0.446 e. The predicted octanol–water partition coefficient (Wildman–Crippen LogP) is 3.86. The lowest BCUT2D eigenvalue weighted by atomic mass is 10.0. The van der Waals surface area contributed by atoms with Crippen molar-refractivity contribution in [1.29, 1.82) is 0 Å². The second-order valence-corrected chi connectivity index (χ2v) is 10.3. The fraction of sp³-hybridized carbons (Fsp3) is 0.391. The third kappa shape index (κ3) is 4.72. The summed E-state index contributed by atoms with van der Waals surface area (Å²) >= 11 is 0. The topological polar surface area (TPSA) is 87.2 Å². The fourth-order valence-electron chi connectivity index (χ4n) is 3.78. The average Bonchev–Trinajstić information content (AvgIpc) is 2.70. The normalized spacial score (nSPS) is 16.0. The molecule has 1 heterocycles. The maximum absolute atomic E-state index is 12.8. The summed E-state index contributed by atoms with van der Waals surface area (Å²) in [5.41, 5.74) is 3.47. The Hall–Kier alpha value is -3.07. The quantitative estimate of drug-likeness (QED) is 0.693. The molecule has 0 fully saturated rings. The van der Waals surface area contributed by atoms with Crippen molar-refractivity contribution in [3.63, 3.8) is 0 Å². The van der Waals surface area contributed by atoms with Crippen LogP contribution in [0.1, 0.15) is 27.7 Å². The molecule has 0 spiro atoms. The van der Waals surface area contributed by atoms with Gasteiger partial charge in [0.15, 0.2) is 0 Å². The minimum absolute atomic E-state index is 0.100. The summed E-state index contributed by atoms with van der Waals surface area (Å²) < 4.78 is 30.2. The van der Waals surface area contributed by atoms with Crippen LogP contribution >= 0.6 is 0 Å². The van der Waals surface area contributed by atoms with E-state index in [2.05, 4.69) is 0 Å². The smallest absolute Gasteiger partial charge is 0.414 e. The van der Waals surface area contributed by atoms with E-state index < -0.39 is 16.1 Å². The van der Waals surface area contributed by atoms with Crippen LogP contribution < -0.4 is 14.1 Å². The molecule has 3 rings (SSSR count). The van der Waals surface area contributed by atoms with Gasteiger partial charge in [0.1, 0.15) is 0 Å². The van der Waals surface area contributed by atoms with Crippen LogP contribution in [0.15, 0.2) is 42.5 Å². The van der Waals surface area contributed by atoms with Gasteiger partial charge in [0.2, 0.25) is 15.9 Å². The number of carbonyl (C=O) groups excluding carboxylic acids is 2. The third-order valence-corrected chi connectivity index (χ3v) is 6.58. The molecule has 8 nitrogen and oxygen atoms in total. The van der Waals surface area contributed by atoms with Gasteiger partial charge in [0, 0.05) is 20.5 Å². The van der Waals surface area contributed by atoms with Crippen LogP contribution in [0.25, 0.3) is 11.1 Å². The van der Waals surface area contributed by atoms with Crippen molar-refractivity contribution in [2.24, 2.45) is 0 Å². The first-order valence-corrected chi connectivity index (χ1v) is 12.2. The standard InChI is InChI=1S/C23H29N3O5S/c1-15(2)31-23(28)25-14-16(3)26(17(4)27)21-12-9-19(13-22(21)25)18-7-10-20(11-8-18)24(5)32(6,29)30/h7-13,15-16H,14H2,1-6H3. The van der Waals surface area contributed by atoms with Crippen LogP contribution in [-0.4, -0.2) is 52.4 Å². The van der Waals surface area contributed by atoms with Gasteiger partial charge in [-0.3, -0.25) is 14.0 Å². The lowest BCUT2D eigenvalue weighted by Crippen LogP contribution is -2.51. The van der Waals surface area contributed by atoms with Gasteiger partial charge in [-0.2, -0.15) is 0 Å². The summed E-state index contributed by atoms with van der Waals surface area (Å²) in [5.74, 6) is -0.100. The molecule has 0 aliphatic carbocycles. The van der Waals surface area contributed by atoms with Crippen molar-refractivity contribution >= 4 is 39.1 Å². The maximum atomic E-state index is 12.8. The van der Waals surface area contributed by atoms with Gasteiger partial charge in [-0.25, -0.2) is 13.2 Å². The summed E-state index contributed by atoms with van der Waals surface area (Å²) in [6, 6.07) is 12.5. The van der Waals surface area contributed by atoms with E-state index in [0.717, 1.165) is 17.4 Å². The molecule has 0 radical (unpaired) electrons. The lowest BCUT2D eigenvalue weighted by molar-refractivity contribution is -0.117. The first kappa shape index (κ1) is 23.6. The average molecular weight is 460 g/mol. The number of hydrogen-bond donors (Lipinski definition) is 0. The van der Waals surface area contributed by atoms with Crippen LogP contribution in [0.4, 0.5) is 21.9 Å². The minimum atomic E-state index is -3.35. The molecule has 172 valence electrons. The van der Waals surface area contributed by atoms with E-state index in [1.165, 1.54) is 18.3 Å². The van der Waals surface area contributed by atoms with E-state index >= 15 is 0 Å². The second kappa shape index (κ2) is 8.82. The van der Waals surface area contributed by atoms with Crippen LogP contribution in [0.3, 0.4) is 0 Å². The summed E-state index contributed by atoms with van der Waals surface area (Å²) in [7, 11) is -1.86. The molecule has 2 aromatic carbocycles. The number of carbonyl (C=O) groups is 2. The van der Waals surface area contributed by atoms with E-state index in [9.17, 15) is 18.0 Å². The van der Waals surface area contributed by atoms with Crippen molar-refractivity contribution in [1.82, 2.24) is 0 Å². The van der Waals surface area contributed by atoms with Crippen molar-refractivity contribution < 1.29 is 22.7 Å². The minimum Gasteiger partial charge on any atom is -0.446 e. The number of fused-ring (bicyclic) bond motifs is 1. The Morgan fingerprint density at radius 2 is 1.66 bits per heavy atom. The Morgan fingerprint density at radius 1 is 1.06 bits per heavy atom. The number of hydrogen-bond acceptors (Lipinski definition) is 5. The van der Waals surface area contributed by atoms with Gasteiger partial charge < -0.3 is 9.64 Å². The van der Waals surface area contributed by atoms with Crippen LogP contribution in [0, 0.1) is 0 Å². The molecule has 2 amide bonds. The molecule has 0 bridgehead atoms. The SMILES string of the molecule is CC(=O)N1c2ccc(-c3ccc(N(C)S(C)(=O)=O)cc3)cc2N(C(=O)OC(C)C)CC1C. The number of sulfonamides is 1. The fourth-order valence-corrected chi connectivity index (χ4v) is 4.28. The zero-order valence-corrected chi connectivity index (χ0v) is 20.0. The number of nitrogens with zero attached hydrogens (tertiary/aromatic N) is 3. The highest BCUT2D eigenvalue weighted by Gasteiger charge is 2.34. The predicted molar refractivity (Wildman–Crippen MR) is 127 cm³/mol. The molecule has 0 N–H and O–H groups in total. The molecule has 9 heteroatoms. The van der Waals surface area contributed by atoms with Gasteiger partial charge >= 0.3 is 6.09 Å². The molecule has 0 aromatic heterocycles. The summed E-state index contributed by atoms with van der Waals surface area (Å²) in [6.45, 7) is 7.30.